The Balaban J connectivity index is 1.35. The lowest BCUT2D eigenvalue weighted by Gasteiger charge is -2.25. The molecule has 7 heteroatoms. The smallest absolute Gasteiger partial charge is 0.183 e. The van der Waals surface area contributed by atoms with E-state index < -0.39 is 0 Å². The van der Waals surface area contributed by atoms with Gasteiger partial charge in [-0.1, -0.05) is 12.1 Å². The van der Waals surface area contributed by atoms with Crippen LogP contribution in [0.4, 0.5) is 5.13 Å². The van der Waals surface area contributed by atoms with Gasteiger partial charge in [-0.25, -0.2) is 9.67 Å². The Bertz CT molecular complexity index is 795. The van der Waals surface area contributed by atoms with Crippen LogP contribution in [0.15, 0.2) is 48.1 Å². The zero-order valence-corrected chi connectivity index (χ0v) is 14.8. The summed E-state index contributed by atoms with van der Waals surface area (Å²) in [5.41, 5.74) is 3.40. The number of aromatic nitrogens is 3. The highest BCUT2D eigenvalue weighted by Gasteiger charge is 2.12. The monoisotopic (exact) mass is 355 g/mol. The predicted molar refractivity (Wildman–Crippen MR) is 99.1 cm³/mol. The van der Waals surface area contributed by atoms with Gasteiger partial charge in [0, 0.05) is 44.0 Å². The van der Waals surface area contributed by atoms with Crippen molar-refractivity contribution in [2.75, 3.05) is 31.6 Å². The topological polar surface area (TPSA) is 55.2 Å². The number of ether oxygens (including phenoxy) is 1. The maximum atomic E-state index is 5.39. The Morgan fingerprint density at radius 3 is 2.96 bits per heavy atom. The van der Waals surface area contributed by atoms with E-state index in [-0.39, 0.29) is 0 Å². The molecule has 0 atom stereocenters. The minimum atomic E-state index is 0.750. The van der Waals surface area contributed by atoms with E-state index >= 15 is 0 Å². The fourth-order valence-electron chi connectivity index (χ4n) is 2.86. The quantitative estimate of drug-likeness (QED) is 0.737. The van der Waals surface area contributed by atoms with Gasteiger partial charge in [0.15, 0.2) is 5.13 Å². The molecule has 1 fully saturated rings. The number of hydrogen-bond donors (Lipinski definition) is 1. The number of morpholine rings is 1. The van der Waals surface area contributed by atoms with Crippen LogP contribution in [0.3, 0.4) is 0 Å². The van der Waals surface area contributed by atoms with Crippen LogP contribution in [-0.4, -0.2) is 46.0 Å². The SMILES string of the molecule is c1cc(CNc2nc(CN3CCOCC3)cs2)cc(-n2cccn2)c1. The summed E-state index contributed by atoms with van der Waals surface area (Å²) in [5.74, 6) is 0. The molecule has 1 N–H and O–H groups in total. The van der Waals surface area contributed by atoms with Gasteiger partial charge in [-0.05, 0) is 23.8 Å². The van der Waals surface area contributed by atoms with E-state index in [1.54, 1.807) is 17.5 Å². The van der Waals surface area contributed by atoms with Crippen molar-refractivity contribution >= 4 is 16.5 Å². The number of rotatable bonds is 6. The number of nitrogens with one attached hydrogen (secondary N) is 1. The molecule has 3 aromatic rings. The van der Waals surface area contributed by atoms with Gasteiger partial charge in [0.05, 0.1) is 24.6 Å². The van der Waals surface area contributed by atoms with E-state index in [4.69, 9.17) is 9.72 Å². The first-order chi connectivity index (χ1) is 12.4. The van der Waals surface area contributed by atoms with Gasteiger partial charge in [0.2, 0.25) is 0 Å². The standard InChI is InChI=1S/C18H21N5OS/c1-3-15(11-17(4-1)23-6-2-5-20-23)12-19-18-21-16(14-25-18)13-22-7-9-24-10-8-22/h1-6,11,14H,7-10,12-13H2,(H,19,21). The molecule has 0 amide bonds. The molecule has 0 spiro atoms. The molecule has 6 nitrogen and oxygen atoms in total. The number of hydrogen-bond acceptors (Lipinski definition) is 6. The van der Waals surface area contributed by atoms with Crippen LogP contribution in [0.5, 0.6) is 0 Å². The second-order valence-corrected chi connectivity index (χ2v) is 6.86. The van der Waals surface area contributed by atoms with Crippen molar-refractivity contribution in [3.05, 3.63) is 59.4 Å². The molecule has 2 aromatic heterocycles. The third kappa shape index (κ3) is 4.25. The van der Waals surface area contributed by atoms with Gasteiger partial charge >= 0.3 is 0 Å². The predicted octanol–water partition coefficient (Wildman–Crippen LogP) is 2.77. The second-order valence-electron chi connectivity index (χ2n) is 6.01. The van der Waals surface area contributed by atoms with E-state index in [2.05, 4.69) is 45.0 Å². The van der Waals surface area contributed by atoms with Gasteiger partial charge in [0.25, 0.3) is 0 Å². The Labute approximate surface area is 151 Å². The summed E-state index contributed by atoms with van der Waals surface area (Å²) in [7, 11) is 0. The molecule has 1 aliphatic heterocycles. The number of thiazole rings is 1. The normalized spacial score (nSPS) is 15.4. The van der Waals surface area contributed by atoms with Crippen molar-refractivity contribution in [3.8, 4) is 5.69 Å². The molecule has 1 aliphatic rings. The molecule has 1 saturated heterocycles. The molecule has 1 aromatic carbocycles. The van der Waals surface area contributed by atoms with Crippen LogP contribution in [0.2, 0.25) is 0 Å². The molecule has 4 rings (SSSR count). The van der Waals surface area contributed by atoms with Crippen molar-refractivity contribution < 1.29 is 4.74 Å². The molecule has 0 saturated carbocycles. The molecule has 25 heavy (non-hydrogen) atoms. The summed E-state index contributed by atoms with van der Waals surface area (Å²) >= 11 is 1.66. The molecular formula is C18H21N5OS. The Morgan fingerprint density at radius 2 is 2.12 bits per heavy atom. The largest absolute Gasteiger partial charge is 0.379 e. The molecule has 0 aliphatic carbocycles. The maximum absolute atomic E-state index is 5.39. The first kappa shape index (κ1) is 16.3. The molecule has 3 heterocycles. The fraction of sp³-hybridized carbons (Fsp3) is 0.333. The van der Waals surface area contributed by atoms with Gasteiger partial charge < -0.3 is 10.1 Å². The van der Waals surface area contributed by atoms with Crippen molar-refractivity contribution in [2.45, 2.75) is 13.1 Å². The highest BCUT2D eigenvalue weighted by molar-refractivity contribution is 7.13. The number of anilines is 1. The number of benzene rings is 1. The third-order valence-electron chi connectivity index (χ3n) is 4.16. The van der Waals surface area contributed by atoms with Crippen LogP contribution in [0, 0.1) is 0 Å². The lowest BCUT2D eigenvalue weighted by Crippen LogP contribution is -2.35. The molecular weight excluding hydrogens is 334 g/mol. The second kappa shape index (κ2) is 7.77. The van der Waals surface area contributed by atoms with Crippen molar-refractivity contribution in [1.29, 1.82) is 0 Å². The van der Waals surface area contributed by atoms with E-state index in [0.29, 0.717) is 0 Å². The molecule has 130 valence electrons. The van der Waals surface area contributed by atoms with Crippen LogP contribution < -0.4 is 5.32 Å². The summed E-state index contributed by atoms with van der Waals surface area (Å²) < 4.78 is 7.26. The minimum Gasteiger partial charge on any atom is -0.379 e. The third-order valence-corrected chi connectivity index (χ3v) is 5.01. The van der Waals surface area contributed by atoms with E-state index in [9.17, 15) is 0 Å². The van der Waals surface area contributed by atoms with E-state index in [1.807, 2.05) is 16.9 Å². The van der Waals surface area contributed by atoms with Crippen LogP contribution >= 0.6 is 11.3 Å². The molecule has 0 bridgehead atoms. The van der Waals surface area contributed by atoms with Crippen LogP contribution in [0.1, 0.15) is 11.3 Å². The lowest BCUT2D eigenvalue weighted by atomic mass is 10.2. The highest BCUT2D eigenvalue weighted by Crippen LogP contribution is 2.19. The minimum absolute atomic E-state index is 0.750. The molecule has 0 unspecified atom stereocenters. The summed E-state index contributed by atoms with van der Waals surface area (Å²) in [5, 5.41) is 10.8. The van der Waals surface area contributed by atoms with Gasteiger partial charge in [-0.3, -0.25) is 4.90 Å². The van der Waals surface area contributed by atoms with Gasteiger partial charge in [-0.15, -0.1) is 11.3 Å². The van der Waals surface area contributed by atoms with Gasteiger partial charge in [0.1, 0.15) is 0 Å². The first-order valence-electron chi connectivity index (χ1n) is 8.44. The lowest BCUT2D eigenvalue weighted by molar-refractivity contribution is 0.0337. The highest BCUT2D eigenvalue weighted by atomic mass is 32.1. The van der Waals surface area contributed by atoms with Gasteiger partial charge in [-0.2, -0.15) is 5.10 Å². The van der Waals surface area contributed by atoms with Crippen molar-refractivity contribution in [1.82, 2.24) is 19.7 Å². The average Bonchev–Trinajstić information content (AvgIpc) is 3.33. The Kier molecular flexibility index (Phi) is 5.06. The summed E-state index contributed by atoms with van der Waals surface area (Å²) in [6, 6.07) is 10.3. The Hall–Kier alpha value is -2.22. The van der Waals surface area contributed by atoms with Crippen LogP contribution in [-0.2, 0) is 17.8 Å². The van der Waals surface area contributed by atoms with Crippen molar-refractivity contribution in [2.24, 2.45) is 0 Å². The summed E-state index contributed by atoms with van der Waals surface area (Å²) in [4.78, 5) is 7.08. The van der Waals surface area contributed by atoms with Crippen LogP contribution in [0.25, 0.3) is 5.69 Å². The maximum Gasteiger partial charge on any atom is 0.183 e. The fourth-order valence-corrected chi connectivity index (χ4v) is 3.56. The zero-order chi connectivity index (χ0) is 16.9. The van der Waals surface area contributed by atoms with E-state index in [1.165, 1.54) is 5.56 Å². The summed E-state index contributed by atoms with van der Waals surface area (Å²) in [6.45, 7) is 5.26. The molecule has 0 radical (unpaired) electrons. The van der Waals surface area contributed by atoms with E-state index in [0.717, 1.165) is 55.9 Å². The Morgan fingerprint density at radius 1 is 1.20 bits per heavy atom. The number of nitrogens with zero attached hydrogens (tertiary/aromatic N) is 4. The zero-order valence-electron chi connectivity index (χ0n) is 14.0. The average molecular weight is 355 g/mol. The van der Waals surface area contributed by atoms with Crippen molar-refractivity contribution in [3.63, 3.8) is 0 Å². The first-order valence-corrected chi connectivity index (χ1v) is 9.32. The summed E-state index contributed by atoms with van der Waals surface area (Å²) in [6.07, 6.45) is 3.74.